The van der Waals surface area contributed by atoms with Crippen molar-refractivity contribution >= 4 is 43.9 Å². The van der Waals surface area contributed by atoms with Crippen molar-refractivity contribution in [2.45, 2.75) is 49.1 Å². The highest BCUT2D eigenvalue weighted by molar-refractivity contribution is 7.47. The highest BCUT2D eigenvalue weighted by atomic mass is 31.2. The van der Waals surface area contributed by atoms with E-state index >= 15 is 0 Å². The van der Waals surface area contributed by atoms with Crippen molar-refractivity contribution in [3.8, 4) is 0 Å². The Balaban J connectivity index is 1.17. The lowest BCUT2D eigenvalue weighted by molar-refractivity contribution is -0.236. The van der Waals surface area contributed by atoms with E-state index in [0.717, 1.165) is 28.1 Å². The van der Waals surface area contributed by atoms with Crippen LogP contribution in [0.25, 0.3) is 22.3 Å². The minimum absolute atomic E-state index is 0.0274. The second-order valence-electron chi connectivity index (χ2n) is 10.1. The molecular formula is C20H22N9O14P2-. The van der Waals surface area contributed by atoms with E-state index in [0.29, 0.717) is 0 Å². The van der Waals surface area contributed by atoms with Crippen LogP contribution < -0.4 is 21.7 Å². The molecule has 3 aliphatic rings. The zero-order valence-electron chi connectivity index (χ0n) is 22.3. The summed E-state index contributed by atoms with van der Waals surface area (Å²) >= 11 is 0. The first-order valence-corrected chi connectivity index (χ1v) is 15.9. The fraction of sp³-hybridized carbons (Fsp3) is 0.500. The maximum atomic E-state index is 13.0. The minimum Gasteiger partial charge on any atom is -0.756 e. The number of hydrogen-bond acceptors (Lipinski definition) is 18. The summed E-state index contributed by atoms with van der Waals surface area (Å²) in [6.07, 6.45) is -9.85. The van der Waals surface area contributed by atoms with Crippen LogP contribution in [0.4, 0.5) is 5.95 Å². The predicted octanol–water partition coefficient (Wildman–Crippen LogP) is -3.26. The quantitative estimate of drug-likeness (QED) is 0.114. The Morgan fingerprint density at radius 2 is 1.47 bits per heavy atom. The van der Waals surface area contributed by atoms with Crippen LogP contribution in [0.1, 0.15) is 12.5 Å². The number of H-pyrrole nitrogens is 2. The second kappa shape index (κ2) is 10.8. The van der Waals surface area contributed by atoms with Gasteiger partial charge in [0.05, 0.1) is 32.2 Å². The van der Waals surface area contributed by atoms with Crippen molar-refractivity contribution in [2.24, 2.45) is 0 Å². The number of aromatic nitrogens is 8. The molecular weight excluding hydrogens is 652 g/mol. The molecule has 7 heterocycles. The molecule has 0 bridgehead atoms. The summed E-state index contributed by atoms with van der Waals surface area (Å²) in [5, 5.41) is 22.1. The average Bonchev–Trinajstić information content (AvgIpc) is 3.72. The van der Waals surface area contributed by atoms with E-state index in [4.69, 9.17) is 33.3 Å². The van der Waals surface area contributed by atoms with Crippen LogP contribution in [0.2, 0.25) is 0 Å². The van der Waals surface area contributed by atoms with Gasteiger partial charge in [-0.25, -0.2) is 19.5 Å². The van der Waals surface area contributed by atoms with Gasteiger partial charge in [-0.2, -0.15) is 4.98 Å². The lowest BCUT2D eigenvalue weighted by atomic mass is 10.1. The molecule has 2 unspecified atom stereocenters. The van der Waals surface area contributed by atoms with Gasteiger partial charge in [0.2, 0.25) is 5.95 Å². The average molecular weight is 674 g/mol. The lowest BCUT2D eigenvalue weighted by Gasteiger charge is -2.32. The number of anilines is 1. The molecule has 25 heteroatoms. The van der Waals surface area contributed by atoms with Gasteiger partial charge in [0.25, 0.3) is 18.9 Å². The number of nitrogen functional groups attached to an aromatic ring is 1. The maximum absolute atomic E-state index is 13.0. The van der Waals surface area contributed by atoms with Crippen LogP contribution in [0, 0.1) is 0 Å². The number of aromatic amines is 2. The third-order valence-electron chi connectivity index (χ3n) is 7.29. The molecule has 0 amide bonds. The number of ether oxygens (including phenoxy) is 2. The summed E-state index contributed by atoms with van der Waals surface area (Å²) in [5.41, 5.74) is 3.88. The van der Waals surface area contributed by atoms with E-state index in [1.807, 2.05) is 0 Å². The van der Waals surface area contributed by atoms with Crippen molar-refractivity contribution in [1.29, 1.82) is 0 Å². The number of phosphoric acid groups is 2. The first-order chi connectivity index (χ1) is 21.3. The normalized spacial score (nSPS) is 37.7. The Bertz CT molecular complexity index is 2000. The van der Waals surface area contributed by atoms with Crippen LogP contribution in [0.15, 0.2) is 28.6 Å². The highest BCUT2D eigenvalue weighted by Gasteiger charge is 2.53. The highest BCUT2D eigenvalue weighted by Crippen LogP contribution is 2.52. The molecule has 0 saturated carbocycles. The molecule has 0 aromatic carbocycles. The van der Waals surface area contributed by atoms with Gasteiger partial charge >= 0.3 is 7.82 Å². The van der Waals surface area contributed by atoms with Crippen molar-refractivity contribution in [2.75, 3.05) is 18.9 Å². The number of aliphatic hydroxyl groups is 2. The molecule has 3 aliphatic heterocycles. The van der Waals surface area contributed by atoms with Crippen LogP contribution in [-0.4, -0.2) is 104 Å². The van der Waals surface area contributed by atoms with Gasteiger partial charge in [0.15, 0.2) is 34.8 Å². The van der Waals surface area contributed by atoms with E-state index < -0.39 is 89.1 Å². The standard InChI is InChI=1S/C20H23N9O14P2/c21-20-26-15-9(17(33)27-20)25-5-29(15)19-11(31)13-7(41-19)2-39-44(34,35)42-12-6(1-38-45(36,37)43-13)40-18(10(12)30)28-4-24-8-14(28)22-3-23-16(8)32/h3-7,10-13,18-19,30-31H,1-2H2,(H,34,35)(H,36,37)(H,22,23,32)(H3,21,26,27,33)/p-1/t6-,7-,10-,11-,12-,13-,18-,19-/m1/s1. The van der Waals surface area contributed by atoms with E-state index in [-0.39, 0.29) is 28.3 Å². The van der Waals surface area contributed by atoms with Crippen LogP contribution in [-0.2, 0) is 36.7 Å². The summed E-state index contributed by atoms with van der Waals surface area (Å²) in [6.45, 7) is -1.79. The van der Waals surface area contributed by atoms with Crippen LogP contribution >= 0.6 is 15.6 Å². The molecule has 242 valence electrons. The number of imidazole rings is 2. The van der Waals surface area contributed by atoms with E-state index in [2.05, 4.69) is 29.9 Å². The smallest absolute Gasteiger partial charge is 0.472 e. The molecule has 0 radical (unpaired) electrons. The summed E-state index contributed by atoms with van der Waals surface area (Å²) in [7, 11) is -10.4. The topological polar surface area (TPSA) is 326 Å². The molecule has 3 fully saturated rings. The van der Waals surface area contributed by atoms with E-state index in [1.54, 1.807) is 0 Å². The van der Waals surface area contributed by atoms with Crippen molar-refractivity contribution in [3.63, 3.8) is 0 Å². The number of rotatable bonds is 2. The largest absolute Gasteiger partial charge is 0.756 e. The van der Waals surface area contributed by atoms with Gasteiger partial charge in [-0.05, 0) is 0 Å². The minimum atomic E-state index is -5.32. The molecule has 0 spiro atoms. The predicted molar refractivity (Wildman–Crippen MR) is 140 cm³/mol. The Labute approximate surface area is 247 Å². The van der Waals surface area contributed by atoms with Crippen LogP contribution in [0.3, 0.4) is 0 Å². The zero-order chi connectivity index (χ0) is 31.8. The Morgan fingerprint density at radius 3 is 2.13 bits per heavy atom. The number of phosphoric ester groups is 2. The molecule has 7 rings (SSSR count). The Hall–Kier alpha value is -3.44. The maximum Gasteiger partial charge on any atom is 0.472 e. The number of hydrogen-bond donors (Lipinski definition) is 6. The lowest BCUT2D eigenvalue weighted by Crippen LogP contribution is -2.40. The van der Waals surface area contributed by atoms with Crippen molar-refractivity contribution in [3.05, 3.63) is 39.7 Å². The molecule has 45 heavy (non-hydrogen) atoms. The fourth-order valence-corrected chi connectivity index (χ4v) is 7.22. The third-order valence-corrected chi connectivity index (χ3v) is 9.24. The number of nitrogens with zero attached hydrogens (tertiary/aromatic N) is 6. The molecule has 7 N–H and O–H groups in total. The number of nitrogens with two attached hydrogens (primary N) is 1. The zero-order valence-corrected chi connectivity index (χ0v) is 24.0. The van der Waals surface area contributed by atoms with Crippen LogP contribution in [0.5, 0.6) is 0 Å². The number of aliphatic hydroxyl groups excluding tert-OH is 2. The van der Waals surface area contributed by atoms with Gasteiger partial charge in [-0.3, -0.25) is 37.3 Å². The SMILES string of the molecule is Nc1nc2c(ncn2[C@@H]2O[C@@H]3COP(=O)([O-])O[C@H]4[C@@H](O)[C@H](n5cnc6c(=O)[nH]cnc65)O[C@@H]4COP(=O)(O)O[C@H]3[C@H]2O)c(=O)[nH]1. The summed E-state index contributed by atoms with van der Waals surface area (Å²) < 4.78 is 60.1. The number of nitrogens with one attached hydrogen (secondary N) is 2. The molecule has 0 aliphatic carbocycles. The van der Waals surface area contributed by atoms with Gasteiger partial charge in [-0.15, -0.1) is 0 Å². The third kappa shape index (κ3) is 5.31. The number of fused-ring (bicyclic) bond motifs is 4. The van der Waals surface area contributed by atoms with E-state index in [9.17, 15) is 38.7 Å². The molecule has 4 aromatic rings. The summed E-state index contributed by atoms with van der Waals surface area (Å²) in [4.78, 5) is 68.2. The summed E-state index contributed by atoms with van der Waals surface area (Å²) in [5.74, 6) is -0.283. The summed E-state index contributed by atoms with van der Waals surface area (Å²) in [6, 6.07) is 0. The van der Waals surface area contributed by atoms with E-state index in [1.165, 1.54) is 0 Å². The van der Waals surface area contributed by atoms with Crippen molar-refractivity contribution in [1.82, 2.24) is 39.0 Å². The fourth-order valence-electron chi connectivity index (χ4n) is 5.30. The molecule has 10 atom stereocenters. The van der Waals surface area contributed by atoms with Gasteiger partial charge < -0.3 is 49.2 Å². The molecule has 4 aromatic heterocycles. The Morgan fingerprint density at radius 1 is 0.889 bits per heavy atom. The van der Waals surface area contributed by atoms with Crippen molar-refractivity contribution < 1.29 is 56.7 Å². The Kier molecular flexibility index (Phi) is 7.27. The van der Waals surface area contributed by atoms with Gasteiger partial charge in [0, 0.05) is 0 Å². The van der Waals surface area contributed by atoms with Gasteiger partial charge in [0.1, 0.15) is 36.6 Å². The monoisotopic (exact) mass is 674 g/mol. The first-order valence-electron chi connectivity index (χ1n) is 12.9. The molecule has 23 nitrogen and oxygen atoms in total. The second-order valence-corrected chi connectivity index (χ2v) is 12.9. The van der Waals surface area contributed by atoms with Gasteiger partial charge in [-0.1, -0.05) is 0 Å². The molecule has 3 saturated heterocycles. The first kappa shape index (κ1) is 30.2.